The fourth-order valence-electron chi connectivity index (χ4n) is 3.64. The van der Waals surface area contributed by atoms with Gasteiger partial charge in [-0.05, 0) is 54.9 Å². The fourth-order valence-corrected chi connectivity index (χ4v) is 3.64. The Hall–Kier alpha value is -2.62. The van der Waals surface area contributed by atoms with Gasteiger partial charge in [0.2, 0.25) is 0 Å². The predicted octanol–water partition coefficient (Wildman–Crippen LogP) is 8.19. The van der Waals surface area contributed by atoms with Crippen molar-refractivity contribution in [2.75, 3.05) is 0 Å². The smallest absolute Gasteiger partial charge is 0.303 e. The summed E-state index contributed by atoms with van der Waals surface area (Å²) >= 11 is 0. The van der Waals surface area contributed by atoms with Gasteiger partial charge in [-0.1, -0.05) is 100 Å². The molecule has 2 rings (SSSR count). The minimum atomic E-state index is -0.721. The second-order valence-electron chi connectivity index (χ2n) is 8.60. The van der Waals surface area contributed by atoms with Crippen molar-refractivity contribution in [3.05, 3.63) is 60.2 Å². The number of carboxylic acid groups (broad SMARTS) is 2. The van der Waals surface area contributed by atoms with Crippen LogP contribution in [-0.4, -0.2) is 22.2 Å². The van der Waals surface area contributed by atoms with Crippen LogP contribution in [0.1, 0.15) is 96.0 Å². The van der Waals surface area contributed by atoms with Crippen LogP contribution in [-0.2, 0) is 16.0 Å². The van der Waals surface area contributed by atoms with Crippen LogP contribution < -0.4 is 0 Å². The van der Waals surface area contributed by atoms with Crippen LogP contribution >= 0.6 is 0 Å². The van der Waals surface area contributed by atoms with E-state index in [0.29, 0.717) is 12.8 Å². The molecule has 0 aliphatic heterocycles. The van der Waals surface area contributed by atoms with Crippen molar-refractivity contribution in [2.24, 2.45) is 0 Å². The van der Waals surface area contributed by atoms with Gasteiger partial charge in [0.15, 0.2) is 0 Å². The summed E-state index contributed by atoms with van der Waals surface area (Å²) in [5.74, 6) is -1.39. The topological polar surface area (TPSA) is 74.6 Å². The molecule has 0 heterocycles. The van der Waals surface area contributed by atoms with Gasteiger partial charge in [0.25, 0.3) is 0 Å². The normalized spacial score (nSPS) is 10.8. The largest absolute Gasteiger partial charge is 0.481 e. The molecule has 0 radical (unpaired) electrons. The molecule has 0 spiro atoms. The highest BCUT2D eigenvalue weighted by Gasteiger charge is 1.99. The van der Waals surface area contributed by atoms with Crippen molar-refractivity contribution in [3.63, 3.8) is 0 Å². The van der Waals surface area contributed by atoms with Crippen LogP contribution in [0.2, 0.25) is 0 Å². The summed E-state index contributed by atoms with van der Waals surface area (Å²) in [6.45, 7) is 2.22. The molecule has 0 aromatic heterocycles. The Morgan fingerprint density at radius 1 is 0.697 bits per heavy atom. The van der Waals surface area contributed by atoms with Crippen molar-refractivity contribution < 1.29 is 19.8 Å². The number of aliphatic carboxylic acids is 2. The molecule has 0 atom stereocenters. The second kappa shape index (κ2) is 18.9. The Kier molecular flexibility index (Phi) is 16.3. The molecular formula is C29H42O4. The maximum absolute atomic E-state index is 10.4. The maximum Gasteiger partial charge on any atom is 0.303 e. The standard InChI is InChI=1S/C15H28O2.C14H14O2/c1-2-3-4-5-6-7-8-9-10-11-12-13-14-15(16)17;15-14(16)7-3-4-11-8-9-12-5-1-2-6-13(12)10-11/h5-6H,2-4,7-14H2,1H3,(H,16,17);1-2,5-6,8-10H,3-4,7H2,(H,15,16). The molecule has 4 nitrogen and oxygen atoms in total. The van der Waals surface area contributed by atoms with E-state index in [2.05, 4.69) is 49.4 Å². The van der Waals surface area contributed by atoms with Crippen molar-refractivity contribution in [3.8, 4) is 0 Å². The monoisotopic (exact) mass is 454 g/mol. The first kappa shape index (κ1) is 28.4. The van der Waals surface area contributed by atoms with E-state index in [1.54, 1.807) is 0 Å². The van der Waals surface area contributed by atoms with Gasteiger partial charge in [0, 0.05) is 12.8 Å². The van der Waals surface area contributed by atoms with Crippen LogP contribution in [0, 0.1) is 0 Å². The Bertz CT molecular complexity index is 825. The van der Waals surface area contributed by atoms with E-state index in [0.717, 1.165) is 19.3 Å². The quantitative estimate of drug-likeness (QED) is 0.198. The summed E-state index contributed by atoms with van der Waals surface area (Å²) in [6.07, 6.45) is 18.6. The van der Waals surface area contributed by atoms with Gasteiger partial charge < -0.3 is 10.2 Å². The molecule has 0 fully saturated rings. The highest BCUT2D eigenvalue weighted by atomic mass is 16.4. The molecule has 0 amide bonds. The van der Waals surface area contributed by atoms with Gasteiger partial charge >= 0.3 is 11.9 Å². The van der Waals surface area contributed by atoms with Crippen molar-refractivity contribution in [1.29, 1.82) is 0 Å². The average Bonchev–Trinajstić information content (AvgIpc) is 2.80. The highest BCUT2D eigenvalue weighted by molar-refractivity contribution is 5.83. The third kappa shape index (κ3) is 15.8. The molecule has 0 unspecified atom stereocenters. The van der Waals surface area contributed by atoms with Crippen LogP contribution in [0.25, 0.3) is 10.8 Å². The Morgan fingerprint density at radius 3 is 1.94 bits per heavy atom. The summed E-state index contributed by atoms with van der Waals surface area (Å²) in [7, 11) is 0. The zero-order chi connectivity index (χ0) is 24.2. The molecule has 4 heteroatoms. The Morgan fingerprint density at radius 2 is 1.27 bits per heavy atom. The number of benzene rings is 2. The fraction of sp³-hybridized carbons (Fsp3) is 0.517. The minimum absolute atomic E-state index is 0.243. The zero-order valence-corrected chi connectivity index (χ0v) is 20.3. The maximum atomic E-state index is 10.4. The molecule has 182 valence electrons. The molecule has 2 N–H and O–H groups in total. The summed E-state index contributed by atoms with van der Waals surface area (Å²) < 4.78 is 0. The summed E-state index contributed by atoms with van der Waals surface area (Å²) in [4.78, 5) is 20.7. The highest BCUT2D eigenvalue weighted by Crippen LogP contribution is 2.17. The number of allylic oxidation sites excluding steroid dienone is 2. The number of hydrogen-bond acceptors (Lipinski definition) is 2. The number of carbonyl (C=O) groups is 2. The van der Waals surface area contributed by atoms with Crippen LogP contribution in [0.15, 0.2) is 54.6 Å². The molecule has 0 aliphatic rings. The lowest BCUT2D eigenvalue weighted by Crippen LogP contribution is -1.95. The van der Waals surface area contributed by atoms with Gasteiger partial charge in [-0.15, -0.1) is 0 Å². The molecule has 33 heavy (non-hydrogen) atoms. The van der Waals surface area contributed by atoms with Crippen LogP contribution in [0.5, 0.6) is 0 Å². The lowest BCUT2D eigenvalue weighted by atomic mass is 10.0. The van der Waals surface area contributed by atoms with Gasteiger partial charge in [-0.3, -0.25) is 9.59 Å². The number of fused-ring (bicyclic) bond motifs is 1. The lowest BCUT2D eigenvalue weighted by molar-refractivity contribution is -0.138. The van der Waals surface area contributed by atoms with Gasteiger partial charge in [-0.25, -0.2) is 0 Å². The molecular weight excluding hydrogens is 412 g/mol. The Labute approximate surface area is 199 Å². The average molecular weight is 455 g/mol. The van der Waals surface area contributed by atoms with E-state index < -0.39 is 11.9 Å². The van der Waals surface area contributed by atoms with E-state index in [4.69, 9.17) is 10.2 Å². The van der Waals surface area contributed by atoms with Crippen LogP contribution in [0.3, 0.4) is 0 Å². The van der Waals surface area contributed by atoms with Gasteiger partial charge in [0.05, 0.1) is 0 Å². The van der Waals surface area contributed by atoms with Crippen molar-refractivity contribution in [2.45, 2.75) is 96.8 Å². The van der Waals surface area contributed by atoms with Gasteiger partial charge in [-0.2, -0.15) is 0 Å². The van der Waals surface area contributed by atoms with E-state index in [-0.39, 0.29) is 6.42 Å². The van der Waals surface area contributed by atoms with E-state index in [1.165, 1.54) is 67.7 Å². The number of unbranched alkanes of at least 4 members (excludes halogenated alkanes) is 8. The SMILES string of the molecule is CCCCC=CCCCCCCCCC(=O)O.O=C(O)CCCc1ccc2ccccc2c1. The molecule has 0 bridgehead atoms. The number of rotatable bonds is 16. The Balaban J connectivity index is 0.000000330. The van der Waals surface area contributed by atoms with Crippen LogP contribution in [0.4, 0.5) is 0 Å². The third-order valence-electron chi connectivity index (χ3n) is 5.57. The van der Waals surface area contributed by atoms with Gasteiger partial charge in [0.1, 0.15) is 0 Å². The first-order valence-corrected chi connectivity index (χ1v) is 12.6. The molecule has 2 aromatic carbocycles. The van der Waals surface area contributed by atoms with Crippen molar-refractivity contribution in [1.82, 2.24) is 0 Å². The lowest BCUT2D eigenvalue weighted by Gasteiger charge is -2.02. The predicted molar refractivity (Wildman–Crippen MR) is 138 cm³/mol. The first-order chi connectivity index (χ1) is 16.0. The first-order valence-electron chi connectivity index (χ1n) is 12.6. The van der Waals surface area contributed by atoms with E-state index in [1.807, 2.05) is 12.1 Å². The van der Waals surface area contributed by atoms with E-state index in [9.17, 15) is 9.59 Å². The summed E-state index contributed by atoms with van der Waals surface area (Å²) in [6, 6.07) is 14.5. The number of aryl methyl sites for hydroxylation is 1. The zero-order valence-electron chi connectivity index (χ0n) is 20.3. The van der Waals surface area contributed by atoms with Crippen molar-refractivity contribution >= 4 is 22.7 Å². The molecule has 0 aliphatic carbocycles. The summed E-state index contributed by atoms with van der Waals surface area (Å²) in [5.41, 5.74) is 1.21. The third-order valence-corrected chi connectivity index (χ3v) is 5.57. The molecule has 0 saturated carbocycles. The number of carboxylic acids is 2. The van der Waals surface area contributed by atoms with E-state index >= 15 is 0 Å². The molecule has 0 saturated heterocycles. The minimum Gasteiger partial charge on any atom is -0.481 e. The summed E-state index contributed by atoms with van der Waals surface area (Å²) in [5, 5.41) is 19.5. The molecule has 2 aromatic rings. The second-order valence-corrected chi connectivity index (χ2v) is 8.60. The number of hydrogen-bond donors (Lipinski definition) is 2.